The van der Waals surface area contributed by atoms with Crippen molar-refractivity contribution in [3.05, 3.63) is 11.4 Å². The van der Waals surface area contributed by atoms with E-state index in [9.17, 15) is 18.0 Å². The molecule has 0 bridgehead atoms. The molecule has 1 unspecified atom stereocenters. The van der Waals surface area contributed by atoms with Gasteiger partial charge in [-0.25, -0.2) is 9.48 Å². The summed E-state index contributed by atoms with van der Waals surface area (Å²) >= 11 is 0. The van der Waals surface area contributed by atoms with Gasteiger partial charge in [-0.3, -0.25) is 0 Å². The number of aliphatic hydroxyl groups excluding tert-OH is 1. The molecule has 0 radical (unpaired) electrons. The van der Waals surface area contributed by atoms with Crippen molar-refractivity contribution in [1.29, 1.82) is 0 Å². The molecule has 1 heterocycles. The van der Waals surface area contributed by atoms with E-state index in [2.05, 4.69) is 15.0 Å². The minimum atomic E-state index is -4.78. The number of methoxy groups -OCH3 is 1. The average Bonchev–Trinajstić information content (AvgIpc) is 2.71. The topological polar surface area (TPSA) is 103 Å². The molecule has 1 rings (SSSR count). The summed E-state index contributed by atoms with van der Waals surface area (Å²) in [5.41, 5.74) is 5.20. The molecular formula is C9H13F3N4O3. The predicted octanol–water partition coefficient (Wildman–Crippen LogP) is -0.511. The highest BCUT2D eigenvalue weighted by Gasteiger charge is 2.39. The van der Waals surface area contributed by atoms with Gasteiger partial charge < -0.3 is 15.6 Å². The Morgan fingerprint density at radius 3 is 2.68 bits per heavy atom. The van der Waals surface area contributed by atoms with Crippen molar-refractivity contribution in [2.75, 3.05) is 13.7 Å². The van der Waals surface area contributed by atoms with Crippen molar-refractivity contribution >= 4 is 5.97 Å². The van der Waals surface area contributed by atoms with Gasteiger partial charge in [0, 0.05) is 6.42 Å². The maximum Gasteiger partial charge on any atom is 0.416 e. The molecule has 108 valence electrons. The van der Waals surface area contributed by atoms with Crippen LogP contribution >= 0.6 is 0 Å². The van der Waals surface area contributed by atoms with Gasteiger partial charge in [-0.1, -0.05) is 5.21 Å². The van der Waals surface area contributed by atoms with Crippen molar-refractivity contribution in [1.82, 2.24) is 15.0 Å². The Balaban J connectivity index is 3.01. The molecule has 1 aromatic heterocycles. The van der Waals surface area contributed by atoms with E-state index in [1.807, 2.05) is 0 Å². The van der Waals surface area contributed by atoms with Gasteiger partial charge in [0.25, 0.3) is 0 Å². The van der Waals surface area contributed by atoms with E-state index >= 15 is 0 Å². The summed E-state index contributed by atoms with van der Waals surface area (Å²) in [6.07, 6.45) is -7.30. The number of rotatable bonds is 5. The van der Waals surface area contributed by atoms with E-state index in [1.165, 1.54) is 0 Å². The first-order valence-electron chi connectivity index (χ1n) is 5.26. The Kier molecular flexibility index (Phi) is 4.84. The molecule has 0 aromatic carbocycles. The Bertz CT molecular complexity index is 446. The fraction of sp³-hybridized carbons (Fsp3) is 0.667. The average molecular weight is 282 g/mol. The van der Waals surface area contributed by atoms with Gasteiger partial charge in [-0.05, 0) is 6.54 Å². The molecule has 0 amide bonds. The number of ether oxygens (including phenoxy) is 1. The lowest BCUT2D eigenvalue weighted by molar-refractivity contribution is -0.208. The molecule has 0 saturated carbocycles. The normalized spacial score (nSPS) is 13.4. The highest BCUT2D eigenvalue weighted by Crippen LogP contribution is 2.21. The monoisotopic (exact) mass is 282 g/mol. The van der Waals surface area contributed by atoms with E-state index in [0.29, 0.717) is 0 Å². The van der Waals surface area contributed by atoms with E-state index in [4.69, 9.17) is 10.8 Å². The number of hydrogen-bond acceptors (Lipinski definition) is 6. The summed E-state index contributed by atoms with van der Waals surface area (Å²) in [5.74, 6) is -0.823. The van der Waals surface area contributed by atoms with Crippen LogP contribution in [0, 0.1) is 0 Å². The van der Waals surface area contributed by atoms with Crippen LogP contribution < -0.4 is 5.73 Å². The van der Waals surface area contributed by atoms with Gasteiger partial charge in [-0.15, -0.1) is 5.10 Å². The largest absolute Gasteiger partial charge is 0.464 e. The fourth-order valence-corrected chi connectivity index (χ4v) is 1.39. The van der Waals surface area contributed by atoms with Crippen molar-refractivity contribution in [3.8, 4) is 0 Å². The maximum absolute atomic E-state index is 12.3. The lowest BCUT2D eigenvalue weighted by atomic mass is 10.2. The number of aliphatic hydroxyl groups is 1. The number of nitrogens with zero attached hydrogens (tertiary/aromatic N) is 3. The van der Waals surface area contributed by atoms with Gasteiger partial charge in [0.05, 0.1) is 19.3 Å². The van der Waals surface area contributed by atoms with E-state index in [-0.39, 0.29) is 24.4 Å². The minimum absolute atomic E-state index is 0.0828. The molecular weight excluding hydrogens is 269 g/mol. The summed E-state index contributed by atoms with van der Waals surface area (Å²) < 4.78 is 42.0. The second-order valence-corrected chi connectivity index (χ2v) is 3.65. The molecule has 0 aliphatic carbocycles. The first kappa shape index (κ1) is 15.4. The smallest absolute Gasteiger partial charge is 0.416 e. The van der Waals surface area contributed by atoms with Gasteiger partial charge in [0.2, 0.25) is 0 Å². The predicted molar refractivity (Wildman–Crippen MR) is 56.2 cm³/mol. The van der Waals surface area contributed by atoms with Crippen molar-refractivity contribution < 1.29 is 27.8 Å². The van der Waals surface area contributed by atoms with Crippen LogP contribution in [0.5, 0.6) is 0 Å². The van der Waals surface area contributed by atoms with E-state index in [1.54, 1.807) is 0 Å². The summed E-state index contributed by atoms with van der Waals surface area (Å²) in [6.45, 7) is -0.775. The third kappa shape index (κ3) is 3.64. The summed E-state index contributed by atoms with van der Waals surface area (Å²) in [7, 11) is 1.11. The molecule has 19 heavy (non-hydrogen) atoms. The standard InChI is InChI=1S/C9H13F3N4O3/c1-19-8(18)7-5(2-3-13)16(15-14-7)4-6(17)9(10,11)12/h6,17H,2-4,13H2,1H3. The third-order valence-electron chi connectivity index (χ3n) is 2.32. The zero-order valence-electron chi connectivity index (χ0n) is 10.0. The lowest BCUT2D eigenvalue weighted by Crippen LogP contribution is -2.34. The Hall–Kier alpha value is -1.68. The molecule has 0 aliphatic heterocycles. The number of carbonyl (C=O) groups is 1. The highest BCUT2D eigenvalue weighted by molar-refractivity contribution is 5.88. The van der Waals surface area contributed by atoms with E-state index in [0.717, 1.165) is 11.8 Å². The first-order chi connectivity index (χ1) is 8.81. The molecule has 7 nitrogen and oxygen atoms in total. The van der Waals surface area contributed by atoms with Crippen LogP contribution in [0.1, 0.15) is 16.2 Å². The van der Waals surface area contributed by atoms with Crippen LogP contribution in [0.4, 0.5) is 13.2 Å². The number of nitrogens with two attached hydrogens (primary N) is 1. The number of halogens is 3. The van der Waals surface area contributed by atoms with Crippen LogP contribution in [-0.2, 0) is 17.7 Å². The van der Waals surface area contributed by atoms with Crippen LogP contribution in [0.2, 0.25) is 0 Å². The molecule has 1 aromatic rings. The van der Waals surface area contributed by atoms with Crippen molar-refractivity contribution in [2.45, 2.75) is 25.2 Å². The number of esters is 1. The van der Waals surface area contributed by atoms with Crippen LogP contribution in [-0.4, -0.2) is 52.0 Å². The van der Waals surface area contributed by atoms with Gasteiger partial charge in [0.1, 0.15) is 0 Å². The second-order valence-electron chi connectivity index (χ2n) is 3.65. The van der Waals surface area contributed by atoms with Crippen molar-refractivity contribution in [2.24, 2.45) is 5.73 Å². The molecule has 1 atom stereocenters. The first-order valence-corrected chi connectivity index (χ1v) is 5.26. The van der Waals surface area contributed by atoms with Crippen LogP contribution in [0.15, 0.2) is 0 Å². The van der Waals surface area contributed by atoms with Crippen LogP contribution in [0.3, 0.4) is 0 Å². The fourth-order valence-electron chi connectivity index (χ4n) is 1.39. The third-order valence-corrected chi connectivity index (χ3v) is 2.32. The highest BCUT2D eigenvalue weighted by atomic mass is 19.4. The van der Waals surface area contributed by atoms with Gasteiger partial charge >= 0.3 is 12.1 Å². The SMILES string of the molecule is COC(=O)c1nnn(CC(O)C(F)(F)F)c1CCN. The summed E-state index contributed by atoms with van der Waals surface area (Å²) in [6, 6.07) is 0. The molecule has 0 saturated heterocycles. The Morgan fingerprint density at radius 2 is 2.21 bits per heavy atom. The zero-order valence-corrected chi connectivity index (χ0v) is 10.0. The number of alkyl halides is 3. The molecule has 0 spiro atoms. The summed E-state index contributed by atoms with van der Waals surface area (Å²) in [4.78, 5) is 11.3. The number of carbonyl (C=O) groups excluding carboxylic acids is 1. The maximum atomic E-state index is 12.3. The quantitative estimate of drug-likeness (QED) is 0.705. The Morgan fingerprint density at radius 1 is 1.58 bits per heavy atom. The van der Waals surface area contributed by atoms with Gasteiger partial charge in [-0.2, -0.15) is 13.2 Å². The molecule has 3 N–H and O–H groups in total. The minimum Gasteiger partial charge on any atom is -0.464 e. The second kappa shape index (κ2) is 5.97. The number of hydrogen-bond donors (Lipinski definition) is 2. The molecule has 0 fully saturated rings. The lowest BCUT2D eigenvalue weighted by Gasteiger charge is -2.15. The molecule has 10 heteroatoms. The van der Waals surface area contributed by atoms with Crippen LogP contribution in [0.25, 0.3) is 0 Å². The Labute approximate surface area is 106 Å². The number of aromatic nitrogens is 3. The zero-order chi connectivity index (χ0) is 14.6. The summed E-state index contributed by atoms with van der Waals surface area (Å²) in [5, 5.41) is 15.8. The van der Waals surface area contributed by atoms with Crippen molar-refractivity contribution in [3.63, 3.8) is 0 Å². The molecule has 0 aliphatic rings. The van der Waals surface area contributed by atoms with Gasteiger partial charge in [0.15, 0.2) is 11.8 Å². The van der Waals surface area contributed by atoms with E-state index < -0.39 is 24.8 Å².